The molecule has 3 heterocycles. The number of hydrogen-bond acceptors (Lipinski definition) is 4. The fraction of sp³-hybridized carbons (Fsp3) is 0.333. The van der Waals surface area contributed by atoms with Crippen LogP contribution in [0.3, 0.4) is 0 Å². The van der Waals surface area contributed by atoms with Gasteiger partial charge in [0.05, 0.1) is 16.7 Å². The van der Waals surface area contributed by atoms with Crippen molar-refractivity contribution in [1.29, 1.82) is 0 Å². The van der Waals surface area contributed by atoms with Crippen LogP contribution in [0.5, 0.6) is 0 Å². The Kier molecular flexibility index (Phi) is 4.49. The molecular weight excluding hydrogens is 366 g/mol. The highest BCUT2D eigenvalue weighted by molar-refractivity contribution is 9.10. The van der Waals surface area contributed by atoms with Crippen LogP contribution >= 0.6 is 15.9 Å². The average Bonchev–Trinajstić information content (AvgIpc) is 3.26. The fourth-order valence-electron chi connectivity index (χ4n) is 3.32. The number of likely N-dealkylation sites (tertiary alicyclic amines) is 1. The average molecular weight is 386 g/mol. The first-order valence-electron chi connectivity index (χ1n) is 8.33. The number of fused-ring (bicyclic) bond motifs is 1. The molecular formula is C18H20BrN5. The lowest BCUT2D eigenvalue weighted by molar-refractivity contribution is 0.323. The van der Waals surface area contributed by atoms with Gasteiger partial charge in [0.25, 0.3) is 0 Å². The van der Waals surface area contributed by atoms with Crippen molar-refractivity contribution in [3.63, 3.8) is 0 Å². The van der Waals surface area contributed by atoms with E-state index in [1.54, 1.807) is 12.4 Å². The van der Waals surface area contributed by atoms with Crippen molar-refractivity contribution in [1.82, 2.24) is 19.5 Å². The summed E-state index contributed by atoms with van der Waals surface area (Å²) in [6.07, 6.45) is 8.04. The van der Waals surface area contributed by atoms with Crippen molar-refractivity contribution in [2.75, 3.05) is 25.0 Å². The zero-order valence-corrected chi connectivity index (χ0v) is 15.0. The third-order valence-corrected chi connectivity index (χ3v) is 5.12. The molecule has 0 saturated carbocycles. The molecule has 1 aromatic carbocycles. The van der Waals surface area contributed by atoms with E-state index in [0.29, 0.717) is 0 Å². The minimum Gasteiger partial charge on any atom is -0.360 e. The molecule has 1 N–H and O–H groups in total. The molecule has 0 amide bonds. The molecule has 1 fully saturated rings. The molecule has 0 spiro atoms. The second-order valence-corrected chi connectivity index (χ2v) is 7.03. The molecule has 4 rings (SSSR count). The van der Waals surface area contributed by atoms with Crippen LogP contribution in [0.15, 0.2) is 53.4 Å². The molecule has 6 heteroatoms. The summed E-state index contributed by atoms with van der Waals surface area (Å²) in [5, 5.41) is 7.99. The number of nitrogens with one attached hydrogen (secondary N) is 1. The molecule has 124 valence electrons. The molecule has 1 saturated heterocycles. The summed E-state index contributed by atoms with van der Waals surface area (Å²) in [6.45, 7) is 3.34. The highest BCUT2D eigenvalue weighted by atomic mass is 79.9. The Balaban J connectivity index is 1.66. The lowest BCUT2D eigenvalue weighted by atomic mass is 10.1. The predicted octanol–water partition coefficient (Wildman–Crippen LogP) is 3.74. The minimum absolute atomic E-state index is 0.199. The van der Waals surface area contributed by atoms with Crippen LogP contribution in [0, 0.1) is 0 Å². The number of nitrogens with zero attached hydrogens (tertiary/aromatic N) is 4. The monoisotopic (exact) mass is 385 g/mol. The van der Waals surface area contributed by atoms with Crippen molar-refractivity contribution in [3.8, 4) is 0 Å². The van der Waals surface area contributed by atoms with Crippen LogP contribution in [0.4, 0.5) is 5.82 Å². The molecule has 0 radical (unpaired) electrons. The number of halogens is 1. The summed E-state index contributed by atoms with van der Waals surface area (Å²) < 4.78 is 2.79. The van der Waals surface area contributed by atoms with E-state index in [1.165, 1.54) is 31.5 Å². The van der Waals surface area contributed by atoms with Crippen LogP contribution in [-0.2, 0) is 0 Å². The van der Waals surface area contributed by atoms with Gasteiger partial charge in [0.15, 0.2) is 5.82 Å². The molecule has 1 unspecified atom stereocenters. The van der Waals surface area contributed by atoms with Gasteiger partial charge in [-0.1, -0.05) is 30.3 Å². The van der Waals surface area contributed by atoms with E-state index in [1.807, 2.05) is 10.7 Å². The Labute approximate surface area is 149 Å². The molecule has 3 aromatic rings. The highest BCUT2D eigenvalue weighted by Crippen LogP contribution is 2.27. The number of aromatic nitrogens is 3. The fourth-order valence-corrected chi connectivity index (χ4v) is 3.78. The highest BCUT2D eigenvalue weighted by Gasteiger charge is 2.20. The van der Waals surface area contributed by atoms with E-state index >= 15 is 0 Å². The second-order valence-electron chi connectivity index (χ2n) is 6.18. The Morgan fingerprint density at radius 1 is 1.17 bits per heavy atom. The van der Waals surface area contributed by atoms with E-state index in [4.69, 9.17) is 0 Å². The summed E-state index contributed by atoms with van der Waals surface area (Å²) in [7, 11) is 0. The van der Waals surface area contributed by atoms with E-state index in [0.717, 1.165) is 22.4 Å². The Morgan fingerprint density at radius 3 is 2.75 bits per heavy atom. The van der Waals surface area contributed by atoms with Crippen LogP contribution in [-0.4, -0.2) is 39.1 Å². The molecule has 0 aliphatic carbocycles. The third kappa shape index (κ3) is 3.16. The lowest BCUT2D eigenvalue weighted by Crippen LogP contribution is -2.29. The number of benzene rings is 1. The largest absolute Gasteiger partial charge is 0.360 e. The quantitative estimate of drug-likeness (QED) is 0.726. The van der Waals surface area contributed by atoms with Crippen LogP contribution < -0.4 is 5.32 Å². The first-order chi connectivity index (χ1) is 11.8. The van der Waals surface area contributed by atoms with Gasteiger partial charge < -0.3 is 10.2 Å². The van der Waals surface area contributed by atoms with Gasteiger partial charge in [-0.3, -0.25) is 0 Å². The van der Waals surface area contributed by atoms with Gasteiger partial charge in [0.2, 0.25) is 0 Å². The van der Waals surface area contributed by atoms with E-state index in [9.17, 15) is 0 Å². The molecule has 1 aliphatic rings. The van der Waals surface area contributed by atoms with Crippen LogP contribution in [0.1, 0.15) is 24.4 Å². The van der Waals surface area contributed by atoms with Gasteiger partial charge in [-0.15, -0.1) is 0 Å². The lowest BCUT2D eigenvalue weighted by Gasteiger charge is -2.25. The van der Waals surface area contributed by atoms with Crippen molar-refractivity contribution in [2.24, 2.45) is 0 Å². The summed E-state index contributed by atoms with van der Waals surface area (Å²) in [5.74, 6) is 0.856. The SMILES string of the molecule is Brc1cnn2ccnc(NC(CN3CCCC3)c3ccccc3)c12. The maximum atomic E-state index is 4.56. The normalized spacial score (nSPS) is 16.5. The van der Waals surface area contributed by atoms with Crippen LogP contribution in [0.25, 0.3) is 5.52 Å². The number of rotatable bonds is 5. The molecule has 1 atom stereocenters. The Bertz CT molecular complexity index is 811. The van der Waals surface area contributed by atoms with E-state index in [-0.39, 0.29) is 6.04 Å². The Morgan fingerprint density at radius 2 is 1.96 bits per heavy atom. The summed E-state index contributed by atoms with van der Waals surface area (Å²) in [5.41, 5.74) is 2.25. The molecule has 24 heavy (non-hydrogen) atoms. The summed E-state index contributed by atoms with van der Waals surface area (Å²) in [6, 6.07) is 10.8. The summed E-state index contributed by atoms with van der Waals surface area (Å²) in [4.78, 5) is 7.08. The second kappa shape index (κ2) is 6.91. The maximum Gasteiger partial charge on any atom is 0.153 e. The van der Waals surface area contributed by atoms with Gasteiger partial charge in [0, 0.05) is 18.9 Å². The van der Waals surface area contributed by atoms with Gasteiger partial charge in [-0.25, -0.2) is 9.50 Å². The first kappa shape index (κ1) is 15.6. The topological polar surface area (TPSA) is 45.5 Å². The molecule has 1 aliphatic heterocycles. The maximum absolute atomic E-state index is 4.56. The van der Waals surface area contributed by atoms with Gasteiger partial charge in [-0.05, 0) is 47.4 Å². The van der Waals surface area contributed by atoms with Crippen molar-refractivity contribution >= 4 is 27.3 Å². The zero-order valence-electron chi connectivity index (χ0n) is 13.4. The van der Waals surface area contributed by atoms with Gasteiger partial charge in [-0.2, -0.15) is 5.10 Å². The van der Waals surface area contributed by atoms with Crippen molar-refractivity contribution < 1.29 is 0 Å². The van der Waals surface area contributed by atoms with Gasteiger partial charge in [0.1, 0.15) is 5.52 Å². The molecule has 2 aromatic heterocycles. The molecule has 5 nitrogen and oxygen atoms in total. The number of anilines is 1. The van der Waals surface area contributed by atoms with Crippen molar-refractivity contribution in [2.45, 2.75) is 18.9 Å². The molecule has 0 bridgehead atoms. The zero-order chi connectivity index (χ0) is 16.4. The number of hydrogen-bond donors (Lipinski definition) is 1. The van der Waals surface area contributed by atoms with Crippen LogP contribution in [0.2, 0.25) is 0 Å². The predicted molar refractivity (Wildman–Crippen MR) is 99.2 cm³/mol. The standard InChI is InChI=1S/C18H20BrN5/c19-15-12-21-24-11-8-20-18(17(15)24)22-16(13-23-9-4-5-10-23)14-6-2-1-3-7-14/h1-3,6-8,11-12,16H,4-5,9-10,13H2,(H,20,22). The summed E-state index contributed by atoms with van der Waals surface area (Å²) >= 11 is 3.58. The smallest absolute Gasteiger partial charge is 0.153 e. The first-order valence-corrected chi connectivity index (χ1v) is 9.12. The minimum atomic E-state index is 0.199. The Hall–Kier alpha value is -1.92. The van der Waals surface area contributed by atoms with E-state index < -0.39 is 0 Å². The third-order valence-electron chi connectivity index (χ3n) is 4.54. The van der Waals surface area contributed by atoms with Crippen molar-refractivity contribution in [3.05, 3.63) is 59.0 Å². The van der Waals surface area contributed by atoms with E-state index in [2.05, 4.69) is 66.6 Å². The van der Waals surface area contributed by atoms with Gasteiger partial charge >= 0.3 is 0 Å².